The molecule has 4 heteroatoms. The fourth-order valence-corrected chi connectivity index (χ4v) is 2.10. The molecule has 0 fully saturated rings. The van der Waals surface area contributed by atoms with Gasteiger partial charge in [-0.1, -0.05) is 25.1 Å². The van der Waals surface area contributed by atoms with E-state index < -0.39 is 11.5 Å². The van der Waals surface area contributed by atoms with Crippen LogP contribution in [0.1, 0.15) is 31.7 Å². The Bertz CT molecular complexity index is 446. The molecule has 0 saturated carbocycles. The molecule has 2 unspecified atom stereocenters. The first-order valence-electron chi connectivity index (χ1n) is 6.27. The van der Waals surface area contributed by atoms with E-state index in [1.54, 1.807) is 6.92 Å². The van der Waals surface area contributed by atoms with Crippen LogP contribution in [0, 0.1) is 0 Å². The summed E-state index contributed by atoms with van der Waals surface area (Å²) in [5.74, 6) is 0.335. The Kier molecular flexibility index (Phi) is 3.57. The van der Waals surface area contributed by atoms with Crippen LogP contribution in [0.2, 0.25) is 0 Å². The van der Waals surface area contributed by atoms with Gasteiger partial charge >= 0.3 is 5.97 Å². The summed E-state index contributed by atoms with van der Waals surface area (Å²) in [7, 11) is 0. The molecule has 1 heterocycles. The lowest BCUT2D eigenvalue weighted by Crippen LogP contribution is -2.50. The molecule has 1 aliphatic rings. The standard InChI is InChI=1S/C14H19NO3/c1-3-14(2,13(16)17)15-8-10-9-18-12-7-5-4-6-11(10)12/h4-7,10,15H,3,8-9H2,1-2H3,(H,16,17). The molecular formula is C14H19NO3. The Labute approximate surface area is 107 Å². The van der Waals surface area contributed by atoms with Gasteiger partial charge in [0.15, 0.2) is 0 Å². The zero-order valence-corrected chi connectivity index (χ0v) is 10.8. The normalized spacial score (nSPS) is 20.9. The van der Waals surface area contributed by atoms with Crippen molar-refractivity contribution in [3.8, 4) is 5.75 Å². The van der Waals surface area contributed by atoms with E-state index in [4.69, 9.17) is 4.74 Å². The molecule has 0 radical (unpaired) electrons. The van der Waals surface area contributed by atoms with Gasteiger partial charge in [0.2, 0.25) is 0 Å². The molecule has 1 aliphatic heterocycles. The summed E-state index contributed by atoms with van der Waals surface area (Å²) in [6, 6.07) is 7.92. The van der Waals surface area contributed by atoms with Gasteiger partial charge in [0.05, 0.1) is 6.61 Å². The maximum absolute atomic E-state index is 11.2. The van der Waals surface area contributed by atoms with Gasteiger partial charge in [-0.2, -0.15) is 0 Å². The summed E-state index contributed by atoms with van der Waals surface area (Å²) in [5.41, 5.74) is 0.297. The summed E-state index contributed by atoms with van der Waals surface area (Å²) in [6.45, 7) is 4.83. The maximum Gasteiger partial charge on any atom is 0.323 e. The fraction of sp³-hybridized carbons (Fsp3) is 0.500. The number of hydrogen-bond donors (Lipinski definition) is 2. The summed E-state index contributed by atoms with van der Waals surface area (Å²) in [5, 5.41) is 12.4. The molecular weight excluding hydrogens is 230 g/mol. The minimum atomic E-state index is -0.864. The van der Waals surface area contributed by atoms with Gasteiger partial charge in [0.25, 0.3) is 0 Å². The molecule has 0 saturated heterocycles. The van der Waals surface area contributed by atoms with Gasteiger partial charge in [0.1, 0.15) is 11.3 Å². The summed E-state index contributed by atoms with van der Waals surface area (Å²) >= 11 is 0. The monoisotopic (exact) mass is 249 g/mol. The third kappa shape index (κ3) is 2.34. The highest BCUT2D eigenvalue weighted by atomic mass is 16.5. The minimum Gasteiger partial charge on any atom is -0.493 e. The van der Waals surface area contributed by atoms with Crippen LogP contribution < -0.4 is 10.1 Å². The van der Waals surface area contributed by atoms with Crippen LogP contribution in [0.5, 0.6) is 5.75 Å². The van der Waals surface area contributed by atoms with Crippen molar-refractivity contribution in [2.75, 3.05) is 13.2 Å². The number of para-hydroxylation sites is 1. The second-order valence-corrected chi connectivity index (χ2v) is 4.92. The Balaban J connectivity index is 2.02. The largest absolute Gasteiger partial charge is 0.493 e. The van der Waals surface area contributed by atoms with Gasteiger partial charge in [-0.3, -0.25) is 4.79 Å². The number of carboxylic acids is 1. The Morgan fingerprint density at radius 1 is 1.56 bits per heavy atom. The first kappa shape index (κ1) is 12.9. The topological polar surface area (TPSA) is 58.6 Å². The molecule has 0 aliphatic carbocycles. The van der Waals surface area contributed by atoms with Crippen LogP contribution in [-0.4, -0.2) is 29.8 Å². The van der Waals surface area contributed by atoms with Gasteiger partial charge in [-0.25, -0.2) is 0 Å². The summed E-state index contributed by atoms with van der Waals surface area (Å²) < 4.78 is 5.58. The van der Waals surface area contributed by atoms with Gasteiger partial charge < -0.3 is 15.2 Å². The number of aliphatic carboxylic acids is 1. The second-order valence-electron chi connectivity index (χ2n) is 4.92. The van der Waals surface area contributed by atoms with Crippen molar-refractivity contribution in [2.24, 2.45) is 0 Å². The maximum atomic E-state index is 11.2. The van der Waals surface area contributed by atoms with E-state index in [9.17, 15) is 9.90 Å². The van der Waals surface area contributed by atoms with Gasteiger partial charge in [0, 0.05) is 18.0 Å². The molecule has 2 N–H and O–H groups in total. The van der Waals surface area contributed by atoms with Crippen molar-refractivity contribution in [3.05, 3.63) is 29.8 Å². The predicted octanol–water partition coefficient (Wildman–Crippen LogP) is 2.01. The van der Waals surface area contributed by atoms with Crippen molar-refractivity contribution >= 4 is 5.97 Å². The van der Waals surface area contributed by atoms with Gasteiger partial charge in [-0.05, 0) is 19.4 Å². The third-order valence-corrected chi connectivity index (χ3v) is 3.72. The van der Waals surface area contributed by atoms with Crippen LogP contribution in [0.15, 0.2) is 24.3 Å². The third-order valence-electron chi connectivity index (χ3n) is 3.72. The Morgan fingerprint density at radius 2 is 2.28 bits per heavy atom. The molecule has 98 valence electrons. The highest BCUT2D eigenvalue weighted by molar-refractivity contribution is 5.78. The Hall–Kier alpha value is -1.55. The van der Waals surface area contributed by atoms with Crippen LogP contribution in [0.4, 0.5) is 0 Å². The van der Waals surface area contributed by atoms with E-state index in [1.165, 1.54) is 0 Å². The van der Waals surface area contributed by atoms with E-state index in [2.05, 4.69) is 5.32 Å². The number of hydrogen-bond acceptors (Lipinski definition) is 3. The lowest BCUT2D eigenvalue weighted by molar-refractivity contribution is -0.144. The average molecular weight is 249 g/mol. The average Bonchev–Trinajstić information content (AvgIpc) is 2.79. The number of benzene rings is 1. The fourth-order valence-electron chi connectivity index (χ4n) is 2.10. The first-order valence-corrected chi connectivity index (χ1v) is 6.27. The van der Waals surface area contributed by atoms with Crippen LogP contribution >= 0.6 is 0 Å². The van der Waals surface area contributed by atoms with E-state index in [-0.39, 0.29) is 5.92 Å². The molecule has 0 spiro atoms. The van der Waals surface area contributed by atoms with Crippen molar-refractivity contribution in [1.29, 1.82) is 0 Å². The first-order chi connectivity index (χ1) is 8.57. The van der Waals surface area contributed by atoms with E-state index in [1.807, 2.05) is 31.2 Å². The van der Waals surface area contributed by atoms with Crippen LogP contribution in [0.25, 0.3) is 0 Å². The number of fused-ring (bicyclic) bond motifs is 1. The molecule has 2 rings (SSSR count). The number of rotatable bonds is 5. The van der Waals surface area contributed by atoms with E-state index in [0.29, 0.717) is 19.6 Å². The number of nitrogens with one attached hydrogen (secondary N) is 1. The molecule has 4 nitrogen and oxygen atoms in total. The minimum absolute atomic E-state index is 0.228. The smallest absolute Gasteiger partial charge is 0.323 e. The molecule has 0 amide bonds. The van der Waals surface area contributed by atoms with E-state index in [0.717, 1.165) is 11.3 Å². The van der Waals surface area contributed by atoms with Crippen molar-refractivity contribution < 1.29 is 14.6 Å². The lowest BCUT2D eigenvalue weighted by atomic mass is 9.96. The quantitative estimate of drug-likeness (QED) is 0.838. The molecule has 18 heavy (non-hydrogen) atoms. The predicted molar refractivity (Wildman–Crippen MR) is 69.0 cm³/mol. The van der Waals surface area contributed by atoms with Gasteiger partial charge in [-0.15, -0.1) is 0 Å². The zero-order chi connectivity index (χ0) is 13.2. The zero-order valence-electron chi connectivity index (χ0n) is 10.8. The van der Waals surface area contributed by atoms with Crippen LogP contribution in [0.3, 0.4) is 0 Å². The van der Waals surface area contributed by atoms with Crippen molar-refractivity contribution in [2.45, 2.75) is 31.7 Å². The van der Waals surface area contributed by atoms with Crippen LogP contribution in [-0.2, 0) is 4.79 Å². The number of ether oxygens (including phenoxy) is 1. The molecule has 0 aromatic heterocycles. The SMILES string of the molecule is CCC(C)(NCC1COc2ccccc21)C(=O)O. The van der Waals surface area contributed by atoms with Crippen molar-refractivity contribution in [3.63, 3.8) is 0 Å². The molecule has 0 bridgehead atoms. The molecule has 1 aromatic carbocycles. The second kappa shape index (κ2) is 4.98. The highest BCUT2D eigenvalue weighted by Crippen LogP contribution is 2.33. The van der Waals surface area contributed by atoms with E-state index >= 15 is 0 Å². The highest BCUT2D eigenvalue weighted by Gasteiger charge is 2.33. The lowest BCUT2D eigenvalue weighted by Gasteiger charge is -2.26. The van der Waals surface area contributed by atoms with Crippen molar-refractivity contribution in [1.82, 2.24) is 5.32 Å². The number of carbonyl (C=O) groups is 1. The number of carboxylic acid groups (broad SMARTS) is 1. The summed E-state index contributed by atoms with van der Waals surface area (Å²) in [6.07, 6.45) is 0.553. The Morgan fingerprint density at radius 3 is 2.94 bits per heavy atom. The molecule has 2 atom stereocenters. The summed E-state index contributed by atoms with van der Waals surface area (Å²) in [4.78, 5) is 11.2. The molecule has 1 aromatic rings.